The first-order valence-electron chi connectivity index (χ1n) is 9.30. The molecule has 3 aromatic carbocycles. The largest absolute Gasteiger partial charge is 0.504 e. The Kier molecular flexibility index (Phi) is 4.76. The van der Waals surface area contributed by atoms with Crippen molar-refractivity contribution in [2.75, 3.05) is 12.4 Å². The molecule has 1 aliphatic rings. The first-order chi connectivity index (χ1) is 14.0. The lowest BCUT2D eigenvalue weighted by Gasteiger charge is -2.38. The topological polar surface area (TPSA) is 82.0 Å². The summed E-state index contributed by atoms with van der Waals surface area (Å²) in [6, 6.07) is 18.4. The van der Waals surface area contributed by atoms with Gasteiger partial charge in [-0.1, -0.05) is 42.0 Å². The van der Waals surface area contributed by atoms with Crippen LogP contribution >= 0.6 is 0 Å². The number of amides is 1. The second-order valence-corrected chi connectivity index (χ2v) is 7.10. The minimum absolute atomic E-state index is 0.114. The maximum absolute atomic E-state index is 13.3. The van der Waals surface area contributed by atoms with E-state index in [1.165, 1.54) is 13.2 Å². The average Bonchev–Trinajstić information content (AvgIpc) is 2.73. The van der Waals surface area contributed by atoms with E-state index in [-0.39, 0.29) is 23.2 Å². The molecule has 1 amide bonds. The van der Waals surface area contributed by atoms with E-state index in [2.05, 4.69) is 5.32 Å². The fraction of sp³-hybridized carbons (Fsp3) is 0.174. The lowest BCUT2D eigenvalue weighted by atomic mass is 10.0. The highest BCUT2D eigenvalue weighted by molar-refractivity contribution is 6.01. The summed E-state index contributed by atoms with van der Waals surface area (Å²) in [6.45, 7) is 2.40. The second-order valence-electron chi connectivity index (χ2n) is 7.10. The first kappa shape index (κ1) is 18.7. The quantitative estimate of drug-likeness (QED) is 0.582. The maximum Gasteiger partial charge on any atom is 0.258 e. The summed E-state index contributed by atoms with van der Waals surface area (Å²) in [4.78, 5) is 15.0. The molecule has 0 aliphatic carbocycles. The lowest BCUT2D eigenvalue weighted by Crippen LogP contribution is -2.42. The van der Waals surface area contributed by atoms with Gasteiger partial charge in [-0.3, -0.25) is 4.79 Å². The number of aromatic hydroxyl groups is 2. The zero-order chi connectivity index (χ0) is 20.5. The molecule has 0 aromatic heterocycles. The van der Waals surface area contributed by atoms with Crippen molar-refractivity contribution in [3.8, 4) is 17.2 Å². The third kappa shape index (κ3) is 3.45. The van der Waals surface area contributed by atoms with Crippen LogP contribution in [0.2, 0.25) is 0 Å². The van der Waals surface area contributed by atoms with Gasteiger partial charge in [0.15, 0.2) is 11.5 Å². The second kappa shape index (κ2) is 7.39. The normalized spacial score (nSPS) is 15.6. The minimum Gasteiger partial charge on any atom is -0.504 e. The van der Waals surface area contributed by atoms with E-state index in [0.29, 0.717) is 23.4 Å². The van der Waals surface area contributed by atoms with Crippen LogP contribution in [0.5, 0.6) is 17.2 Å². The zero-order valence-electron chi connectivity index (χ0n) is 16.2. The number of hydrogen-bond acceptors (Lipinski definition) is 5. The Morgan fingerprint density at radius 1 is 1.07 bits per heavy atom. The number of anilines is 1. The molecular formula is C23H22N2O4. The smallest absolute Gasteiger partial charge is 0.258 e. The summed E-state index contributed by atoms with van der Waals surface area (Å²) in [7, 11) is 1.41. The molecule has 0 spiro atoms. The molecule has 0 bridgehead atoms. The molecule has 1 atom stereocenters. The highest BCUT2D eigenvalue weighted by atomic mass is 16.5. The van der Waals surface area contributed by atoms with Crippen LogP contribution < -0.4 is 10.1 Å². The standard InChI is InChI=1S/C23H22N2O4/c1-14-7-9-15(10-8-14)13-25-22(16-11-19(26)21(27)20(12-16)29-2)24-18-6-4-3-5-17(18)23(25)28/h3-12,22,24,26-27H,13H2,1-2H3. The van der Waals surface area contributed by atoms with E-state index in [1.807, 2.05) is 49.4 Å². The minimum atomic E-state index is -0.542. The van der Waals surface area contributed by atoms with Gasteiger partial charge in [-0.05, 0) is 36.8 Å². The fourth-order valence-corrected chi connectivity index (χ4v) is 3.54. The van der Waals surface area contributed by atoms with Crippen molar-refractivity contribution in [3.05, 3.63) is 82.9 Å². The van der Waals surface area contributed by atoms with Crippen LogP contribution in [0.15, 0.2) is 60.7 Å². The molecule has 0 saturated carbocycles. The molecule has 0 saturated heterocycles. The van der Waals surface area contributed by atoms with E-state index in [4.69, 9.17) is 4.74 Å². The fourth-order valence-electron chi connectivity index (χ4n) is 3.54. The van der Waals surface area contributed by atoms with Crippen LogP contribution in [0, 0.1) is 6.92 Å². The van der Waals surface area contributed by atoms with E-state index < -0.39 is 6.17 Å². The molecule has 4 rings (SSSR count). The van der Waals surface area contributed by atoms with Gasteiger partial charge in [0.25, 0.3) is 5.91 Å². The van der Waals surface area contributed by atoms with E-state index in [1.54, 1.807) is 17.0 Å². The van der Waals surface area contributed by atoms with Crippen LogP contribution in [-0.2, 0) is 6.54 Å². The summed E-state index contributed by atoms with van der Waals surface area (Å²) in [5, 5.41) is 23.5. The Balaban J connectivity index is 1.79. The SMILES string of the molecule is COc1cc(C2Nc3ccccc3C(=O)N2Cc2ccc(C)cc2)cc(O)c1O. The van der Waals surface area contributed by atoms with Gasteiger partial charge >= 0.3 is 0 Å². The highest BCUT2D eigenvalue weighted by Crippen LogP contribution is 2.41. The number of nitrogens with one attached hydrogen (secondary N) is 1. The van der Waals surface area contributed by atoms with Gasteiger partial charge in [0.1, 0.15) is 6.17 Å². The number of nitrogens with zero attached hydrogens (tertiary/aromatic N) is 1. The molecule has 1 unspecified atom stereocenters. The number of rotatable bonds is 4. The molecule has 3 N–H and O–H groups in total. The van der Waals surface area contributed by atoms with Crippen molar-refractivity contribution < 1.29 is 19.7 Å². The lowest BCUT2D eigenvalue weighted by molar-refractivity contribution is 0.0666. The summed E-state index contributed by atoms with van der Waals surface area (Å²) in [5.41, 5.74) is 4.05. The number of methoxy groups -OCH3 is 1. The van der Waals surface area contributed by atoms with Crippen LogP contribution in [0.3, 0.4) is 0 Å². The van der Waals surface area contributed by atoms with Crippen molar-refractivity contribution in [2.24, 2.45) is 0 Å². The van der Waals surface area contributed by atoms with Crippen molar-refractivity contribution in [1.82, 2.24) is 4.90 Å². The molecule has 0 fully saturated rings. The zero-order valence-corrected chi connectivity index (χ0v) is 16.2. The Bertz CT molecular complexity index is 1060. The Hall–Kier alpha value is -3.67. The molecule has 0 radical (unpaired) electrons. The van der Waals surface area contributed by atoms with Crippen molar-refractivity contribution in [1.29, 1.82) is 0 Å². The summed E-state index contributed by atoms with van der Waals surface area (Å²) < 4.78 is 5.18. The number of phenols is 2. The number of hydrogen-bond donors (Lipinski definition) is 3. The number of aryl methyl sites for hydroxylation is 1. The molecule has 1 aliphatic heterocycles. The van der Waals surface area contributed by atoms with E-state index >= 15 is 0 Å². The van der Waals surface area contributed by atoms with Gasteiger partial charge in [0.05, 0.1) is 12.7 Å². The molecular weight excluding hydrogens is 368 g/mol. The number of para-hydroxylation sites is 1. The van der Waals surface area contributed by atoms with Crippen LogP contribution in [-0.4, -0.2) is 28.1 Å². The van der Waals surface area contributed by atoms with Gasteiger partial charge in [-0.15, -0.1) is 0 Å². The van der Waals surface area contributed by atoms with Crippen molar-refractivity contribution in [2.45, 2.75) is 19.6 Å². The predicted octanol–water partition coefficient (Wildman–Crippen LogP) is 4.18. The predicted molar refractivity (Wildman–Crippen MR) is 110 cm³/mol. The third-order valence-electron chi connectivity index (χ3n) is 5.11. The average molecular weight is 390 g/mol. The Labute approximate surface area is 169 Å². The monoisotopic (exact) mass is 390 g/mol. The summed E-state index contributed by atoms with van der Waals surface area (Å²) >= 11 is 0. The van der Waals surface area contributed by atoms with Crippen LogP contribution in [0.4, 0.5) is 5.69 Å². The molecule has 148 valence electrons. The van der Waals surface area contributed by atoms with Crippen molar-refractivity contribution >= 4 is 11.6 Å². The number of ether oxygens (including phenoxy) is 1. The maximum atomic E-state index is 13.3. The van der Waals surface area contributed by atoms with Gasteiger partial charge in [0.2, 0.25) is 5.75 Å². The third-order valence-corrected chi connectivity index (χ3v) is 5.11. The van der Waals surface area contributed by atoms with Gasteiger partial charge in [-0.25, -0.2) is 0 Å². The van der Waals surface area contributed by atoms with Gasteiger partial charge < -0.3 is 25.2 Å². The van der Waals surface area contributed by atoms with E-state index in [0.717, 1.165) is 11.1 Å². The van der Waals surface area contributed by atoms with Crippen LogP contribution in [0.25, 0.3) is 0 Å². The van der Waals surface area contributed by atoms with E-state index in [9.17, 15) is 15.0 Å². The van der Waals surface area contributed by atoms with Crippen LogP contribution in [0.1, 0.15) is 33.2 Å². The number of carbonyl (C=O) groups is 1. The summed E-state index contributed by atoms with van der Waals surface area (Å²) in [6.07, 6.45) is -0.542. The molecule has 1 heterocycles. The van der Waals surface area contributed by atoms with Crippen molar-refractivity contribution in [3.63, 3.8) is 0 Å². The molecule has 29 heavy (non-hydrogen) atoms. The Morgan fingerprint density at radius 2 is 1.79 bits per heavy atom. The Morgan fingerprint density at radius 3 is 2.52 bits per heavy atom. The summed E-state index contributed by atoms with van der Waals surface area (Å²) in [5.74, 6) is -0.605. The van der Waals surface area contributed by atoms with Gasteiger partial charge in [0, 0.05) is 17.8 Å². The molecule has 6 nitrogen and oxygen atoms in total. The highest BCUT2D eigenvalue weighted by Gasteiger charge is 2.33. The number of phenolic OH excluding ortho intramolecular Hbond substituents is 2. The van der Waals surface area contributed by atoms with Gasteiger partial charge in [-0.2, -0.15) is 0 Å². The number of carbonyl (C=O) groups excluding carboxylic acids is 1. The molecule has 6 heteroatoms. The molecule has 3 aromatic rings. The first-order valence-corrected chi connectivity index (χ1v) is 9.30. The number of fused-ring (bicyclic) bond motifs is 1. The number of benzene rings is 3.